The van der Waals surface area contributed by atoms with E-state index in [1.165, 1.54) is 36.1 Å². The van der Waals surface area contributed by atoms with Gasteiger partial charge in [-0.05, 0) is 73.1 Å². The highest BCUT2D eigenvalue weighted by atomic mass is 16.3. The van der Waals surface area contributed by atoms with Crippen molar-refractivity contribution in [2.75, 3.05) is 18.0 Å². The van der Waals surface area contributed by atoms with Crippen LogP contribution in [0.1, 0.15) is 47.1 Å². The van der Waals surface area contributed by atoms with Crippen LogP contribution in [0.2, 0.25) is 0 Å². The minimum absolute atomic E-state index is 0.557. The molecular formula is C27H31NO. The summed E-state index contributed by atoms with van der Waals surface area (Å²) in [5, 5.41) is 12.0. The first-order valence-electron chi connectivity index (χ1n) is 10.8. The lowest BCUT2D eigenvalue weighted by Crippen LogP contribution is -2.31. The molecule has 2 nitrogen and oxygen atoms in total. The Labute approximate surface area is 174 Å². The number of piperidine rings is 1. The molecule has 0 aliphatic carbocycles. The molecule has 150 valence electrons. The van der Waals surface area contributed by atoms with E-state index in [1.807, 2.05) is 30.3 Å². The van der Waals surface area contributed by atoms with Gasteiger partial charge in [0, 0.05) is 25.2 Å². The maximum absolute atomic E-state index is 12.0. The summed E-state index contributed by atoms with van der Waals surface area (Å²) < 4.78 is 0. The topological polar surface area (TPSA) is 23.5 Å². The van der Waals surface area contributed by atoms with E-state index in [-0.39, 0.29) is 0 Å². The first-order valence-corrected chi connectivity index (χ1v) is 10.8. The van der Waals surface area contributed by atoms with Gasteiger partial charge in [0.15, 0.2) is 0 Å². The highest BCUT2D eigenvalue weighted by Gasteiger charge is 2.32. The van der Waals surface area contributed by atoms with Gasteiger partial charge in [0.05, 0.1) is 0 Å². The van der Waals surface area contributed by atoms with Crippen LogP contribution in [0.4, 0.5) is 5.69 Å². The quantitative estimate of drug-likeness (QED) is 0.602. The summed E-state index contributed by atoms with van der Waals surface area (Å²) >= 11 is 0. The van der Waals surface area contributed by atoms with Gasteiger partial charge in [-0.1, -0.05) is 60.7 Å². The van der Waals surface area contributed by atoms with E-state index in [4.69, 9.17) is 0 Å². The minimum atomic E-state index is -1.05. The van der Waals surface area contributed by atoms with Gasteiger partial charge >= 0.3 is 0 Å². The number of hydrogen-bond acceptors (Lipinski definition) is 2. The molecule has 1 aliphatic rings. The summed E-state index contributed by atoms with van der Waals surface area (Å²) in [6, 6.07) is 25.1. The Kier molecular flexibility index (Phi) is 5.73. The van der Waals surface area contributed by atoms with Crippen molar-refractivity contribution < 1.29 is 5.11 Å². The van der Waals surface area contributed by atoms with Gasteiger partial charge in [-0.3, -0.25) is 0 Å². The van der Waals surface area contributed by atoms with Gasteiger partial charge in [-0.15, -0.1) is 0 Å². The van der Waals surface area contributed by atoms with Crippen molar-refractivity contribution in [3.05, 3.63) is 101 Å². The van der Waals surface area contributed by atoms with E-state index in [9.17, 15) is 5.11 Å². The molecule has 0 radical (unpaired) electrons. The maximum Gasteiger partial charge on any atom is 0.119 e. The van der Waals surface area contributed by atoms with E-state index >= 15 is 0 Å². The Bertz CT molecular complexity index is 942. The Morgan fingerprint density at radius 2 is 1.41 bits per heavy atom. The Hall–Kier alpha value is -2.58. The average molecular weight is 386 g/mol. The molecule has 1 atom stereocenters. The SMILES string of the molecule is Cc1ccc(CC(O)(c2ccccc2)c2ccc(N3CCCCC3)cc2)cc1C. The summed E-state index contributed by atoms with van der Waals surface area (Å²) in [5.41, 5.74) is 5.78. The zero-order valence-electron chi connectivity index (χ0n) is 17.6. The standard InChI is InChI=1S/C27H31NO/c1-21-11-12-23(19-22(21)2)20-27(29,24-9-5-3-6-10-24)25-13-15-26(16-14-25)28-17-7-4-8-18-28/h3,5-6,9-16,19,29H,4,7-8,17-18,20H2,1-2H3. The van der Waals surface area contributed by atoms with Crippen molar-refractivity contribution in [1.82, 2.24) is 0 Å². The summed E-state index contributed by atoms with van der Waals surface area (Å²) in [6.45, 7) is 6.52. The van der Waals surface area contributed by atoms with Gasteiger partial charge in [-0.25, -0.2) is 0 Å². The molecule has 1 N–H and O–H groups in total. The van der Waals surface area contributed by atoms with E-state index in [0.717, 1.165) is 29.8 Å². The van der Waals surface area contributed by atoms with Crippen molar-refractivity contribution in [2.24, 2.45) is 0 Å². The molecule has 29 heavy (non-hydrogen) atoms. The van der Waals surface area contributed by atoms with Gasteiger partial charge in [0.1, 0.15) is 5.60 Å². The average Bonchev–Trinajstić information content (AvgIpc) is 2.77. The number of benzene rings is 3. The molecule has 0 spiro atoms. The number of rotatable bonds is 5. The van der Waals surface area contributed by atoms with Gasteiger partial charge in [0.25, 0.3) is 0 Å². The monoisotopic (exact) mass is 385 g/mol. The lowest BCUT2D eigenvalue weighted by atomic mass is 9.81. The largest absolute Gasteiger partial charge is 0.380 e. The third kappa shape index (κ3) is 4.23. The maximum atomic E-state index is 12.0. The molecule has 3 aromatic carbocycles. The number of anilines is 1. The minimum Gasteiger partial charge on any atom is -0.380 e. The first kappa shape index (κ1) is 19.7. The van der Waals surface area contributed by atoms with Crippen LogP contribution in [0.3, 0.4) is 0 Å². The molecule has 1 heterocycles. The molecule has 0 bridgehead atoms. The van der Waals surface area contributed by atoms with E-state index in [1.54, 1.807) is 0 Å². The highest BCUT2D eigenvalue weighted by molar-refractivity contribution is 5.50. The Morgan fingerprint density at radius 1 is 0.759 bits per heavy atom. The number of aryl methyl sites for hydroxylation is 2. The number of aliphatic hydroxyl groups is 1. The lowest BCUT2D eigenvalue weighted by Gasteiger charge is -2.32. The zero-order chi connectivity index (χ0) is 20.3. The molecule has 1 saturated heterocycles. The third-order valence-corrected chi connectivity index (χ3v) is 6.35. The molecule has 1 aliphatic heterocycles. The van der Waals surface area contributed by atoms with E-state index in [0.29, 0.717) is 6.42 Å². The molecular weight excluding hydrogens is 354 g/mol. The predicted octanol–water partition coefficient (Wildman–Crippen LogP) is 5.77. The lowest BCUT2D eigenvalue weighted by molar-refractivity contribution is 0.0811. The number of nitrogens with zero attached hydrogens (tertiary/aromatic N) is 1. The van der Waals surface area contributed by atoms with Crippen LogP contribution in [0.25, 0.3) is 0 Å². The molecule has 4 rings (SSSR count). The van der Waals surface area contributed by atoms with Crippen LogP contribution in [-0.4, -0.2) is 18.2 Å². The van der Waals surface area contributed by atoms with Crippen LogP contribution in [0.15, 0.2) is 72.8 Å². The molecule has 0 saturated carbocycles. The second-order valence-corrected chi connectivity index (χ2v) is 8.42. The Morgan fingerprint density at radius 3 is 2.07 bits per heavy atom. The fourth-order valence-electron chi connectivity index (χ4n) is 4.39. The van der Waals surface area contributed by atoms with Crippen molar-refractivity contribution in [3.63, 3.8) is 0 Å². The normalized spacial score (nSPS) is 16.4. The smallest absolute Gasteiger partial charge is 0.119 e. The van der Waals surface area contributed by atoms with E-state index < -0.39 is 5.60 Å². The second-order valence-electron chi connectivity index (χ2n) is 8.42. The van der Waals surface area contributed by atoms with Crippen molar-refractivity contribution in [3.8, 4) is 0 Å². The first-order chi connectivity index (χ1) is 14.1. The van der Waals surface area contributed by atoms with Crippen LogP contribution in [0.5, 0.6) is 0 Å². The molecule has 2 heteroatoms. The Balaban J connectivity index is 1.69. The van der Waals surface area contributed by atoms with Gasteiger partial charge in [-0.2, -0.15) is 0 Å². The summed E-state index contributed by atoms with van der Waals surface area (Å²) in [4.78, 5) is 2.46. The van der Waals surface area contributed by atoms with Crippen molar-refractivity contribution >= 4 is 5.69 Å². The van der Waals surface area contributed by atoms with Crippen molar-refractivity contribution in [1.29, 1.82) is 0 Å². The summed E-state index contributed by atoms with van der Waals surface area (Å²) in [7, 11) is 0. The molecule has 1 unspecified atom stereocenters. The summed E-state index contributed by atoms with van der Waals surface area (Å²) in [6.07, 6.45) is 4.42. The van der Waals surface area contributed by atoms with Gasteiger partial charge < -0.3 is 10.0 Å². The van der Waals surface area contributed by atoms with Crippen LogP contribution in [0, 0.1) is 13.8 Å². The highest BCUT2D eigenvalue weighted by Crippen LogP contribution is 2.35. The van der Waals surface area contributed by atoms with Crippen LogP contribution < -0.4 is 4.90 Å². The zero-order valence-corrected chi connectivity index (χ0v) is 17.6. The fourth-order valence-corrected chi connectivity index (χ4v) is 4.39. The molecule has 0 aromatic heterocycles. The molecule has 3 aromatic rings. The fraction of sp³-hybridized carbons (Fsp3) is 0.333. The van der Waals surface area contributed by atoms with Crippen molar-refractivity contribution in [2.45, 2.75) is 45.1 Å². The second kappa shape index (κ2) is 8.42. The van der Waals surface area contributed by atoms with Crippen LogP contribution in [-0.2, 0) is 12.0 Å². The van der Waals surface area contributed by atoms with Gasteiger partial charge in [0.2, 0.25) is 0 Å². The summed E-state index contributed by atoms with van der Waals surface area (Å²) in [5.74, 6) is 0. The third-order valence-electron chi connectivity index (χ3n) is 6.35. The molecule has 1 fully saturated rings. The predicted molar refractivity (Wildman–Crippen MR) is 122 cm³/mol. The number of hydrogen-bond donors (Lipinski definition) is 1. The molecule has 0 amide bonds. The van der Waals surface area contributed by atoms with Crippen LogP contribution >= 0.6 is 0 Å². The van der Waals surface area contributed by atoms with E-state index in [2.05, 4.69) is 61.2 Å².